The van der Waals surface area contributed by atoms with Crippen LogP contribution in [-0.2, 0) is 4.74 Å². The van der Waals surface area contributed by atoms with Crippen LogP contribution >= 0.6 is 0 Å². The third kappa shape index (κ3) is 6.94. The van der Waals surface area contributed by atoms with E-state index < -0.39 is 5.60 Å². The molecule has 0 radical (unpaired) electrons. The summed E-state index contributed by atoms with van der Waals surface area (Å²) in [6.45, 7) is 9.58. The molecule has 1 aliphatic rings. The summed E-state index contributed by atoms with van der Waals surface area (Å²) in [5.74, 6) is 0.657. The topological polar surface area (TPSA) is 53.6 Å². The van der Waals surface area contributed by atoms with Crippen LogP contribution < -0.4 is 10.6 Å². The van der Waals surface area contributed by atoms with E-state index in [1.165, 1.54) is 24.1 Å². The molecule has 0 aromatic heterocycles. The molecule has 2 N–H and O–H groups in total. The molecule has 5 nitrogen and oxygen atoms in total. The number of benzene rings is 1. The molecule has 0 bridgehead atoms. The molecule has 1 aliphatic heterocycles. The molecular formula is C20H33N3O2. The zero-order chi connectivity index (χ0) is 18.3. The summed E-state index contributed by atoms with van der Waals surface area (Å²) >= 11 is 0. The number of hydrogen-bond donors (Lipinski definition) is 2. The maximum absolute atomic E-state index is 11.6. The molecule has 0 atom stereocenters. The Bertz CT molecular complexity index is 546. The van der Waals surface area contributed by atoms with Crippen molar-refractivity contribution in [3.05, 3.63) is 29.8 Å². The van der Waals surface area contributed by atoms with Gasteiger partial charge in [-0.25, -0.2) is 4.79 Å². The van der Waals surface area contributed by atoms with Crippen molar-refractivity contribution in [2.75, 3.05) is 38.5 Å². The van der Waals surface area contributed by atoms with Crippen molar-refractivity contribution in [2.45, 2.75) is 51.6 Å². The van der Waals surface area contributed by atoms with Crippen molar-refractivity contribution in [2.24, 2.45) is 0 Å². The molecule has 25 heavy (non-hydrogen) atoms. The molecule has 1 heterocycles. The van der Waals surface area contributed by atoms with Crippen LogP contribution in [0.2, 0.25) is 0 Å². The van der Waals surface area contributed by atoms with Crippen molar-refractivity contribution in [3.8, 4) is 0 Å². The van der Waals surface area contributed by atoms with Gasteiger partial charge in [-0.1, -0.05) is 12.1 Å². The van der Waals surface area contributed by atoms with Crippen LogP contribution in [0, 0.1) is 0 Å². The highest BCUT2D eigenvalue weighted by molar-refractivity contribution is 5.67. The Morgan fingerprint density at radius 3 is 2.64 bits per heavy atom. The minimum Gasteiger partial charge on any atom is -0.444 e. The number of amides is 1. The van der Waals surface area contributed by atoms with Crippen molar-refractivity contribution < 1.29 is 9.53 Å². The summed E-state index contributed by atoms with van der Waals surface area (Å²) in [4.78, 5) is 14.1. The Morgan fingerprint density at radius 2 is 2.00 bits per heavy atom. The maximum Gasteiger partial charge on any atom is 0.407 e. The molecule has 0 saturated carbocycles. The molecule has 1 saturated heterocycles. The molecule has 1 amide bonds. The summed E-state index contributed by atoms with van der Waals surface area (Å²) in [5, 5.41) is 6.05. The number of piperidine rings is 1. The third-order valence-electron chi connectivity index (χ3n) is 4.55. The first-order valence-corrected chi connectivity index (χ1v) is 9.34. The van der Waals surface area contributed by atoms with Crippen molar-refractivity contribution in [1.82, 2.24) is 10.2 Å². The minimum absolute atomic E-state index is 0.323. The number of nitrogens with one attached hydrogen (secondary N) is 2. The summed E-state index contributed by atoms with van der Waals surface area (Å²) in [6.07, 6.45) is 3.04. The van der Waals surface area contributed by atoms with Gasteiger partial charge in [-0.3, -0.25) is 0 Å². The van der Waals surface area contributed by atoms with Crippen LogP contribution in [0.15, 0.2) is 24.3 Å². The van der Waals surface area contributed by atoms with Crippen LogP contribution in [0.4, 0.5) is 10.5 Å². The van der Waals surface area contributed by atoms with Gasteiger partial charge in [0.05, 0.1) is 0 Å². The molecule has 1 aromatic carbocycles. The molecule has 0 spiro atoms. The normalized spacial score (nSPS) is 16.5. The number of ether oxygens (including phenoxy) is 1. The summed E-state index contributed by atoms with van der Waals surface area (Å²) in [5.41, 5.74) is 2.20. The molecule has 0 aliphatic carbocycles. The second kappa shape index (κ2) is 9.09. The average Bonchev–Trinajstić information content (AvgIpc) is 2.58. The van der Waals surface area contributed by atoms with Gasteiger partial charge in [-0.15, -0.1) is 0 Å². The molecule has 1 aromatic rings. The molecule has 5 heteroatoms. The fourth-order valence-corrected chi connectivity index (χ4v) is 3.25. The second-order valence-corrected chi connectivity index (χ2v) is 7.77. The lowest BCUT2D eigenvalue weighted by Gasteiger charge is -2.32. The highest BCUT2D eigenvalue weighted by atomic mass is 16.6. The Balaban J connectivity index is 1.64. The lowest BCUT2D eigenvalue weighted by Crippen LogP contribution is -2.37. The lowest BCUT2D eigenvalue weighted by molar-refractivity contribution is 0.0525. The number of nitrogens with zero attached hydrogens (tertiary/aromatic N) is 1. The van der Waals surface area contributed by atoms with Crippen molar-refractivity contribution in [1.29, 1.82) is 0 Å². The molecular weight excluding hydrogens is 314 g/mol. The SMILES string of the molecule is CNc1cccc(C2CCN(CCCNC(=O)OC(C)(C)C)CC2)c1. The van der Waals surface area contributed by atoms with E-state index in [0.717, 1.165) is 26.1 Å². The van der Waals surface area contributed by atoms with E-state index in [0.29, 0.717) is 12.5 Å². The van der Waals surface area contributed by atoms with Crippen LogP contribution in [-0.4, -0.2) is 49.8 Å². The van der Waals surface area contributed by atoms with E-state index in [-0.39, 0.29) is 6.09 Å². The van der Waals surface area contributed by atoms with Crippen LogP contribution in [0.1, 0.15) is 51.5 Å². The standard InChI is InChI=1S/C20H33N3O2/c1-20(2,3)25-19(24)22-11-6-12-23-13-9-16(10-14-23)17-7-5-8-18(15-17)21-4/h5,7-8,15-16,21H,6,9-14H2,1-4H3,(H,22,24). The van der Waals surface area contributed by atoms with Crippen molar-refractivity contribution in [3.63, 3.8) is 0 Å². The second-order valence-electron chi connectivity index (χ2n) is 7.77. The van der Waals surface area contributed by atoms with Gasteiger partial charge in [0.15, 0.2) is 0 Å². The van der Waals surface area contributed by atoms with Gasteiger partial charge >= 0.3 is 6.09 Å². The van der Waals surface area contributed by atoms with E-state index in [1.54, 1.807) is 0 Å². The first-order chi connectivity index (χ1) is 11.9. The highest BCUT2D eigenvalue weighted by Crippen LogP contribution is 2.29. The van der Waals surface area contributed by atoms with Gasteiger partial charge in [0.2, 0.25) is 0 Å². The van der Waals surface area contributed by atoms with Crippen LogP contribution in [0.5, 0.6) is 0 Å². The van der Waals surface area contributed by atoms with Gasteiger partial charge in [0.25, 0.3) is 0 Å². The van der Waals surface area contributed by atoms with E-state index in [4.69, 9.17) is 4.74 Å². The quantitative estimate of drug-likeness (QED) is 0.768. The predicted octanol–water partition coefficient (Wildman–Crippen LogP) is 3.82. The zero-order valence-electron chi connectivity index (χ0n) is 16.1. The first-order valence-electron chi connectivity index (χ1n) is 9.34. The lowest BCUT2D eigenvalue weighted by atomic mass is 9.89. The molecule has 0 unspecified atom stereocenters. The van der Waals surface area contributed by atoms with Gasteiger partial charge in [0, 0.05) is 19.3 Å². The fourth-order valence-electron chi connectivity index (χ4n) is 3.25. The van der Waals surface area contributed by atoms with Gasteiger partial charge in [0.1, 0.15) is 5.60 Å². The zero-order valence-corrected chi connectivity index (χ0v) is 16.1. The monoisotopic (exact) mass is 347 g/mol. The molecule has 2 rings (SSSR count). The Morgan fingerprint density at radius 1 is 1.28 bits per heavy atom. The number of alkyl carbamates (subject to hydrolysis) is 1. The number of hydrogen-bond acceptors (Lipinski definition) is 4. The number of likely N-dealkylation sites (tertiary alicyclic amines) is 1. The summed E-state index contributed by atoms with van der Waals surface area (Å²) < 4.78 is 5.24. The van der Waals surface area contributed by atoms with Crippen molar-refractivity contribution >= 4 is 11.8 Å². The number of rotatable bonds is 6. The van der Waals surface area contributed by atoms with Crippen LogP contribution in [0.3, 0.4) is 0 Å². The number of carbonyl (C=O) groups is 1. The van der Waals surface area contributed by atoms with Crippen LogP contribution in [0.25, 0.3) is 0 Å². The minimum atomic E-state index is -0.434. The van der Waals surface area contributed by atoms with E-state index >= 15 is 0 Å². The highest BCUT2D eigenvalue weighted by Gasteiger charge is 2.20. The largest absolute Gasteiger partial charge is 0.444 e. The molecule has 1 fully saturated rings. The maximum atomic E-state index is 11.6. The smallest absolute Gasteiger partial charge is 0.407 e. The Labute approximate surface area is 152 Å². The first kappa shape index (κ1) is 19.6. The van der Waals surface area contributed by atoms with Gasteiger partial charge < -0.3 is 20.3 Å². The van der Waals surface area contributed by atoms with Gasteiger partial charge in [-0.2, -0.15) is 0 Å². The predicted molar refractivity (Wildman–Crippen MR) is 103 cm³/mol. The van der Waals surface area contributed by atoms with E-state index in [1.807, 2.05) is 27.8 Å². The average molecular weight is 348 g/mol. The number of carbonyl (C=O) groups excluding carboxylic acids is 1. The van der Waals surface area contributed by atoms with Gasteiger partial charge in [-0.05, 0) is 83.3 Å². The third-order valence-corrected chi connectivity index (χ3v) is 4.55. The summed E-state index contributed by atoms with van der Waals surface area (Å²) in [7, 11) is 1.97. The molecule has 140 valence electrons. The number of anilines is 1. The fraction of sp³-hybridized carbons (Fsp3) is 0.650. The van der Waals surface area contributed by atoms with E-state index in [2.05, 4.69) is 39.8 Å². The Hall–Kier alpha value is -1.75. The Kier molecular flexibility index (Phi) is 7.12. The van der Waals surface area contributed by atoms with E-state index in [9.17, 15) is 4.79 Å². The summed E-state index contributed by atoms with van der Waals surface area (Å²) in [6, 6.07) is 8.75.